The van der Waals surface area contributed by atoms with Gasteiger partial charge in [0.25, 0.3) is 0 Å². The maximum Gasteiger partial charge on any atom is 0.415 e. The molecule has 0 aromatic heterocycles. The molecule has 2 atom stereocenters. The highest BCUT2D eigenvalue weighted by molar-refractivity contribution is 5.84. The highest BCUT2D eigenvalue weighted by Crippen LogP contribution is 2.50. The van der Waals surface area contributed by atoms with Gasteiger partial charge in [-0.1, -0.05) is 26.0 Å². The standard InChI is InChI=1S/C16H23NO4/c1-15(2,3)21-14(20)17-11-9-7-6-8-10(11)16(4,5)12(17)13(18)19/h6-7,9-10,12H,8H2,1-5H3,(H,18,19). The molecule has 0 saturated carbocycles. The van der Waals surface area contributed by atoms with Crippen LogP contribution in [0.2, 0.25) is 0 Å². The number of rotatable bonds is 1. The molecule has 21 heavy (non-hydrogen) atoms. The number of aliphatic carboxylic acids is 1. The zero-order valence-electron chi connectivity index (χ0n) is 13.2. The Labute approximate surface area is 125 Å². The minimum atomic E-state index is -0.999. The SMILES string of the molecule is CC(C)(C)OC(=O)N1C2=CC=CCC2C(C)(C)C1C(=O)O. The molecule has 1 saturated heterocycles. The Morgan fingerprint density at radius 1 is 1.38 bits per heavy atom. The van der Waals surface area contributed by atoms with E-state index in [-0.39, 0.29) is 5.92 Å². The summed E-state index contributed by atoms with van der Waals surface area (Å²) in [6, 6.07) is -0.913. The van der Waals surface area contributed by atoms with E-state index >= 15 is 0 Å². The first-order valence-electron chi connectivity index (χ1n) is 7.17. The number of likely N-dealkylation sites (tertiary alicyclic amines) is 1. The number of amides is 1. The van der Waals surface area contributed by atoms with Crippen LogP contribution < -0.4 is 0 Å². The highest BCUT2D eigenvalue weighted by Gasteiger charge is 2.57. The topological polar surface area (TPSA) is 66.8 Å². The van der Waals surface area contributed by atoms with Crippen LogP contribution in [-0.4, -0.2) is 33.7 Å². The van der Waals surface area contributed by atoms with Gasteiger partial charge in [0, 0.05) is 17.0 Å². The molecule has 0 radical (unpaired) electrons. The first-order chi connectivity index (χ1) is 9.55. The van der Waals surface area contributed by atoms with E-state index < -0.39 is 29.1 Å². The van der Waals surface area contributed by atoms with Gasteiger partial charge in [-0.25, -0.2) is 9.59 Å². The summed E-state index contributed by atoms with van der Waals surface area (Å²) < 4.78 is 5.40. The van der Waals surface area contributed by atoms with E-state index in [0.717, 1.165) is 12.1 Å². The largest absolute Gasteiger partial charge is 0.480 e. The molecule has 1 N–H and O–H groups in total. The zero-order valence-corrected chi connectivity index (χ0v) is 13.2. The summed E-state index contributed by atoms with van der Waals surface area (Å²) in [5.74, 6) is -0.989. The van der Waals surface area contributed by atoms with Crippen LogP contribution in [0.5, 0.6) is 0 Å². The van der Waals surface area contributed by atoms with Gasteiger partial charge in [-0.15, -0.1) is 0 Å². The zero-order chi connectivity index (χ0) is 16.0. The Hall–Kier alpha value is -1.78. The predicted octanol–water partition coefficient (Wildman–Crippen LogP) is 3.18. The molecule has 2 unspecified atom stereocenters. The number of carboxylic acids is 1. The van der Waals surface area contributed by atoms with Crippen molar-refractivity contribution in [1.29, 1.82) is 0 Å². The van der Waals surface area contributed by atoms with Gasteiger partial charge in [0.2, 0.25) is 0 Å². The number of carbonyl (C=O) groups excluding carboxylic acids is 1. The third-order valence-corrected chi connectivity index (χ3v) is 4.10. The second kappa shape index (κ2) is 4.90. The quantitative estimate of drug-likeness (QED) is 0.806. The highest BCUT2D eigenvalue weighted by atomic mass is 16.6. The van der Waals surface area contributed by atoms with Crippen molar-refractivity contribution in [3.05, 3.63) is 23.9 Å². The maximum absolute atomic E-state index is 12.5. The molecule has 1 heterocycles. The fourth-order valence-electron chi connectivity index (χ4n) is 3.17. The van der Waals surface area contributed by atoms with Gasteiger partial charge < -0.3 is 9.84 Å². The minimum absolute atomic E-state index is 0.0103. The van der Waals surface area contributed by atoms with Crippen molar-refractivity contribution in [3.8, 4) is 0 Å². The molecule has 0 spiro atoms. The smallest absolute Gasteiger partial charge is 0.415 e. The number of hydrogen-bond donors (Lipinski definition) is 1. The monoisotopic (exact) mass is 293 g/mol. The van der Waals surface area contributed by atoms with Gasteiger partial charge in [0.05, 0.1) is 0 Å². The lowest BCUT2D eigenvalue weighted by Gasteiger charge is -2.31. The van der Waals surface area contributed by atoms with Gasteiger partial charge in [-0.2, -0.15) is 0 Å². The Bertz CT molecular complexity index is 525. The average molecular weight is 293 g/mol. The van der Waals surface area contributed by atoms with E-state index in [0.29, 0.717) is 0 Å². The molecule has 116 valence electrons. The number of allylic oxidation sites excluding steroid dienone is 4. The third kappa shape index (κ3) is 2.69. The van der Waals surface area contributed by atoms with Crippen molar-refractivity contribution in [1.82, 2.24) is 4.90 Å². The van der Waals surface area contributed by atoms with E-state index in [1.165, 1.54) is 4.90 Å². The normalized spacial score (nSPS) is 27.1. The fraction of sp³-hybridized carbons (Fsp3) is 0.625. The van der Waals surface area contributed by atoms with Crippen LogP contribution >= 0.6 is 0 Å². The molecule has 2 aliphatic rings. The molecule has 0 aromatic carbocycles. The summed E-state index contributed by atoms with van der Waals surface area (Å²) >= 11 is 0. The first kappa shape index (κ1) is 15.6. The van der Waals surface area contributed by atoms with E-state index in [1.54, 1.807) is 20.8 Å². The molecule has 1 fully saturated rings. The molecule has 5 nitrogen and oxygen atoms in total. The molecule has 1 amide bonds. The van der Waals surface area contributed by atoms with Crippen molar-refractivity contribution >= 4 is 12.1 Å². The summed E-state index contributed by atoms with van der Waals surface area (Å²) in [5, 5.41) is 9.62. The van der Waals surface area contributed by atoms with Gasteiger partial charge in [-0.3, -0.25) is 4.90 Å². The molecule has 2 rings (SSSR count). The van der Waals surface area contributed by atoms with Crippen LogP contribution in [0.25, 0.3) is 0 Å². The number of ether oxygens (including phenoxy) is 1. The Morgan fingerprint density at radius 3 is 2.52 bits per heavy atom. The van der Waals surface area contributed by atoms with Crippen LogP contribution in [0.15, 0.2) is 23.9 Å². The Kier molecular flexibility index (Phi) is 3.64. The van der Waals surface area contributed by atoms with Gasteiger partial charge in [0.15, 0.2) is 0 Å². The Morgan fingerprint density at radius 2 is 2.00 bits per heavy atom. The number of carboxylic acid groups (broad SMARTS) is 1. The summed E-state index contributed by atoms with van der Waals surface area (Å²) in [6.45, 7) is 9.11. The maximum atomic E-state index is 12.5. The molecular weight excluding hydrogens is 270 g/mol. The number of carbonyl (C=O) groups is 2. The number of nitrogens with zero attached hydrogens (tertiary/aromatic N) is 1. The molecule has 1 aliphatic carbocycles. The molecule has 0 aromatic rings. The molecule has 1 aliphatic heterocycles. The van der Waals surface area contributed by atoms with E-state index in [9.17, 15) is 14.7 Å². The van der Waals surface area contributed by atoms with Crippen molar-refractivity contribution in [2.45, 2.75) is 52.7 Å². The second-order valence-electron chi connectivity index (χ2n) is 7.22. The summed E-state index contributed by atoms with van der Waals surface area (Å²) in [7, 11) is 0. The summed E-state index contributed by atoms with van der Waals surface area (Å²) in [6.07, 6.45) is 5.84. The van der Waals surface area contributed by atoms with Gasteiger partial charge >= 0.3 is 12.1 Å². The van der Waals surface area contributed by atoms with Gasteiger partial charge in [0.1, 0.15) is 11.6 Å². The fourth-order valence-corrected chi connectivity index (χ4v) is 3.17. The van der Waals surface area contributed by atoms with Crippen LogP contribution in [0.3, 0.4) is 0 Å². The lowest BCUT2D eigenvalue weighted by Crippen LogP contribution is -2.47. The van der Waals surface area contributed by atoms with Crippen LogP contribution in [0, 0.1) is 11.3 Å². The predicted molar refractivity (Wildman–Crippen MR) is 78.6 cm³/mol. The average Bonchev–Trinajstić information content (AvgIpc) is 2.56. The molecular formula is C16H23NO4. The van der Waals surface area contributed by atoms with Crippen molar-refractivity contribution in [3.63, 3.8) is 0 Å². The van der Waals surface area contributed by atoms with E-state index in [2.05, 4.69) is 0 Å². The van der Waals surface area contributed by atoms with Crippen LogP contribution in [0.4, 0.5) is 4.79 Å². The second-order valence-corrected chi connectivity index (χ2v) is 7.22. The molecule has 0 bridgehead atoms. The van der Waals surface area contributed by atoms with E-state index in [4.69, 9.17) is 4.74 Å². The summed E-state index contributed by atoms with van der Waals surface area (Å²) in [5.41, 5.74) is -0.462. The van der Waals surface area contributed by atoms with Crippen molar-refractivity contribution in [2.24, 2.45) is 11.3 Å². The van der Waals surface area contributed by atoms with Crippen molar-refractivity contribution < 1.29 is 19.4 Å². The number of hydrogen-bond acceptors (Lipinski definition) is 3. The lowest BCUT2D eigenvalue weighted by molar-refractivity contribution is -0.145. The van der Waals surface area contributed by atoms with Gasteiger partial charge in [-0.05, 0) is 33.3 Å². The van der Waals surface area contributed by atoms with E-state index in [1.807, 2.05) is 32.1 Å². The molecule has 5 heteroatoms. The third-order valence-electron chi connectivity index (χ3n) is 4.10. The lowest BCUT2D eigenvalue weighted by atomic mass is 9.73. The number of fused-ring (bicyclic) bond motifs is 1. The first-order valence-corrected chi connectivity index (χ1v) is 7.17. The Balaban J connectivity index is 2.44. The van der Waals surface area contributed by atoms with Crippen molar-refractivity contribution in [2.75, 3.05) is 0 Å². The van der Waals surface area contributed by atoms with Crippen LogP contribution in [0.1, 0.15) is 41.0 Å². The minimum Gasteiger partial charge on any atom is -0.480 e. The van der Waals surface area contributed by atoms with Crippen LogP contribution in [-0.2, 0) is 9.53 Å². The summed E-state index contributed by atoms with van der Waals surface area (Å²) in [4.78, 5) is 25.6.